The van der Waals surface area contributed by atoms with Gasteiger partial charge in [0.25, 0.3) is 0 Å². The average molecular weight is 292 g/mol. The van der Waals surface area contributed by atoms with E-state index in [0.717, 1.165) is 33.8 Å². The third kappa shape index (κ3) is 1.82. The first-order chi connectivity index (χ1) is 8.27. The van der Waals surface area contributed by atoms with Crippen molar-refractivity contribution in [1.82, 2.24) is 4.98 Å². The van der Waals surface area contributed by atoms with Crippen molar-refractivity contribution >= 4 is 32.6 Å². The number of carbonyl (C=O) groups is 1. The van der Waals surface area contributed by atoms with E-state index >= 15 is 0 Å². The van der Waals surface area contributed by atoms with E-state index < -0.39 is 0 Å². The van der Waals surface area contributed by atoms with Crippen LogP contribution in [0.4, 0.5) is 0 Å². The summed E-state index contributed by atoms with van der Waals surface area (Å²) in [5.41, 5.74) is 1.88. The van der Waals surface area contributed by atoms with Gasteiger partial charge in [-0.05, 0) is 25.0 Å². The second-order valence-electron chi connectivity index (χ2n) is 4.71. The third-order valence-electron chi connectivity index (χ3n) is 3.65. The van der Waals surface area contributed by atoms with E-state index in [4.69, 9.17) is 0 Å². The van der Waals surface area contributed by atoms with Gasteiger partial charge in [0, 0.05) is 33.1 Å². The van der Waals surface area contributed by atoms with Crippen molar-refractivity contribution in [2.45, 2.75) is 25.7 Å². The van der Waals surface area contributed by atoms with Crippen molar-refractivity contribution in [3.63, 3.8) is 0 Å². The maximum atomic E-state index is 12.4. The van der Waals surface area contributed by atoms with E-state index in [1.807, 2.05) is 24.4 Å². The Morgan fingerprint density at radius 2 is 2.06 bits per heavy atom. The molecule has 0 amide bonds. The normalized spacial score (nSPS) is 16.8. The predicted octanol–water partition coefficient (Wildman–Crippen LogP) is 4.30. The second-order valence-corrected chi connectivity index (χ2v) is 5.56. The van der Waals surface area contributed by atoms with Crippen molar-refractivity contribution in [1.29, 1.82) is 0 Å². The van der Waals surface area contributed by atoms with E-state index in [0.29, 0.717) is 5.78 Å². The van der Waals surface area contributed by atoms with Crippen LogP contribution in [0.25, 0.3) is 10.9 Å². The van der Waals surface area contributed by atoms with Gasteiger partial charge in [0.15, 0.2) is 5.78 Å². The minimum Gasteiger partial charge on any atom is -0.360 e. The van der Waals surface area contributed by atoms with E-state index in [-0.39, 0.29) is 5.92 Å². The van der Waals surface area contributed by atoms with Crippen molar-refractivity contribution in [3.05, 3.63) is 34.4 Å². The van der Waals surface area contributed by atoms with Crippen LogP contribution in [0.15, 0.2) is 28.9 Å². The molecule has 0 atom stereocenters. The molecule has 1 saturated carbocycles. The van der Waals surface area contributed by atoms with Crippen LogP contribution >= 0.6 is 15.9 Å². The molecule has 1 fully saturated rings. The van der Waals surface area contributed by atoms with Gasteiger partial charge in [-0.15, -0.1) is 0 Å². The minimum atomic E-state index is 0.237. The third-order valence-corrected chi connectivity index (χ3v) is 4.31. The molecule has 2 nitrogen and oxygen atoms in total. The fraction of sp³-hybridized carbons (Fsp3) is 0.357. The lowest BCUT2D eigenvalue weighted by Crippen LogP contribution is -2.10. The molecule has 1 aliphatic carbocycles. The first kappa shape index (κ1) is 11.0. The number of fused-ring (bicyclic) bond motifs is 1. The average Bonchev–Trinajstić information content (AvgIpc) is 2.98. The number of rotatable bonds is 2. The molecular weight excluding hydrogens is 278 g/mol. The van der Waals surface area contributed by atoms with Crippen LogP contribution < -0.4 is 0 Å². The monoisotopic (exact) mass is 291 g/mol. The first-order valence-corrected chi connectivity index (χ1v) is 6.86. The number of hydrogen-bond acceptors (Lipinski definition) is 1. The van der Waals surface area contributed by atoms with Crippen LogP contribution in [0.5, 0.6) is 0 Å². The highest BCUT2D eigenvalue weighted by atomic mass is 79.9. The van der Waals surface area contributed by atoms with Crippen LogP contribution in [-0.4, -0.2) is 10.8 Å². The van der Waals surface area contributed by atoms with Crippen molar-refractivity contribution in [2.75, 3.05) is 0 Å². The zero-order chi connectivity index (χ0) is 11.8. The molecular formula is C14H14BrNO. The lowest BCUT2D eigenvalue weighted by atomic mass is 9.96. The number of ketones is 1. The summed E-state index contributed by atoms with van der Waals surface area (Å²) in [5, 5.41) is 1.03. The van der Waals surface area contributed by atoms with Gasteiger partial charge in [-0.2, -0.15) is 0 Å². The summed E-state index contributed by atoms with van der Waals surface area (Å²) in [6, 6.07) is 5.97. The van der Waals surface area contributed by atoms with E-state index in [2.05, 4.69) is 20.9 Å². The number of Topliss-reactive ketones (excluding diaryl/α,β-unsaturated/α-hetero) is 1. The largest absolute Gasteiger partial charge is 0.360 e. The minimum absolute atomic E-state index is 0.237. The molecule has 1 aliphatic rings. The number of H-pyrrole nitrogens is 1. The van der Waals surface area contributed by atoms with Crippen molar-refractivity contribution < 1.29 is 4.79 Å². The van der Waals surface area contributed by atoms with Gasteiger partial charge in [0.05, 0.1) is 0 Å². The fourth-order valence-electron chi connectivity index (χ4n) is 2.74. The number of halogens is 1. The summed E-state index contributed by atoms with van der Waals surface area (Å²) in [7, 11) is 0. The maximum Gasteiger partial charge on any atom is 0.168 e. The molecule has 0 saturated heterocycles. The Bertz CT molecular complexity index is 567. The number of carbonyl (C=O) groups excluding carboxylic acids is 1. The zero-order valence-corrected chi connectivity index (χ0v) is 11.1. The molecule has 3 heteroatoms. The molecule has 1 aromatic heterocycles. The van der Waals surface area contributed by atoms with Gasteiger partial charge in [0.2, 0.25) is 0 Å². The Kier molecular flexibility index (Phi) is 2.79. The van der Waals surface area contributed by atoms with Crippen LogP contribution in [0.2, 0.25) is 0 Å². The molecule has 88 valence electrons. The Labute approximate surface area is 109 Å². The number of aromatic amines is 1. The predicted molar refractivity (Wildman–Crippen MR) is 72.3 cm³/mol. The van der Waals surface area contributed by atoms with Crippen LogP contribution in [0.3, 0.4) is 0 Å². The Morgan fingerprint density at radius 3 is 2.82 bits per heavy atom. The number of nitrogens with one attached hydrogen (secondary N) is 1. The van der Waals surface area contributed by atoms with Crippen LogP contribution in [0, 0.1) is 5.92 Å². The van der Waals surface area contributed by atoms with Crippen molar-refractivity contribution in [2.24, 2.45) is 5.92 Å². The highest BCUT2D eigenvalue weighted by Crippen LogP contribution is 2.33. The molecule has 0 spiro atoms. The van der Waals surface area contributed by atoms with Crippen LogP contribution in [-0.2, 0) is 0 Å². The molecule has 0 radical (unpaired) electrons. The zero-order valence-electron chi connectivity index (χ0n) is 9.50. The van der Waals surface area contributed by atoms with Crippen LogP contribution in [0.1, 0.15) is 36.0 Å². The fourth-order valence-corrected chi connectivity index (χ4v) is 3.32. The van der Waals surface area contributed by atoms with Gasteiger partial charge in [0.1, 0.15) is 0 Å². The van der Waals surface area contributed by atoms with E-state index in [1.165, 1.54) is 12.8 Å². The molecule has 17 heavy (non-hydrogen) atoms. The SMILES string of the molecule is O=C(c1c[nH]c2cccc(Br)c12)C1CCCC1. The number of aromatic nitrogens is 1. The molecule has 0 bridgehead atoms. The van der Waals surface area contributed by atoms with Crippen molar-refractivity contribution in [3.8, 4) is 0 Å². The number of benzene rings is 1. The van der Waals surface area contributed by atoms with Gasteiger partial charge < -0.3 is 4.98 Å². The molecule has 1 N–H and O–H groups in total. The van der Waals surface area contributed by atoms with Gasteiger partial charge in [-0.25, -0.2) is 0 Å². The second kappa shape index (κ2) is 4.30. The summed E-state index contributed by atoms with van der Waals surface area (Å²) in [4.78, 5) is 15.6. The summed E-state index contributed by atoms with van der Waals surface area (Å²) < 4.78 is 0.998. The molecule has 0 aliphatic heterocycles. The summed E-state index contributed by atoms with van der Waals surface area (Å²) in [6.07, 6.45) is 6.35. The lowest BCUT2D eigenvalue weighted by molar-refractivity contribution is 0.0924. The molecule has 1 heterocycles. The topological polar surface area (TPSA) is 32.9 Å². The Hall–Kier alpha value is -1.09. The van der Waals surface area contributed by atoms with E-state index in [9.17, 15) is 4.79 Å². The quantitative estimate of drug-likeness (QED) is 0.822. The highest BCUT2D eigenvalue weighted by Gasteiger charge is 2.26. The number of hydrogen-bond donors (Lipinski definition) is 1. The maximum absolute atomic E-state index is 12.4. The smallest absolute Gasteiger partial charge is 0.168 e. The summed E-state index contributed by atoms with van der Waals surface area (Å²) in [6.45, 7) is 0. The molecule has 1 aromatic carbocycles. The first-order valence-electron chi connectivity index (χ1n) is 6.07. The molecule has 0 unspecified atom stereocenters. The lowest BCUT2D eigenvalue weighted by Gasteiger charge is -2.07. The Balaban J connectivity index is 2.08. The summed E-state index contributed by atoms with van der Waals surface area (Å²) in [5.74, 6) is 0.543. The molecule has 3 rings (SSSR count). The Morgan fingerprint density at radius 1 is 1.29 bits per heavy atom. The van der Waals surface area contributed by atoms with Gasteiger partial charge in [-0.3, -0.25) is 4.79 Å². The molecule has 2 aromatic rings. The standard InChI is InChI=1S/C14H14BrNO/c15-11-6-3-7-12-13(11)10(8-16-12)14(17)9-4-1-2-5-9/h3,6-9,16H,1-2,4-5H2. The van der Waals surface area contributed by atoms with E-state index in [1.54, 1.807) is 0 Å². The van der Waals surface area contributed by atoms with Gasteiger partial charge >= 0.3 is 0 Å². The van der Waals surface area contributed by atoms with Gasteiger partial charge in [-0.1, -0.05) is 34.8 Å². The summed E-state index contributed by atoms with van der Waals surface area (Å²) >= 11 is 3.53. The highest BCUT2D eigenvalue weighted by molar-refractivity contribution is 9.10.